The van der Waals surface area contributed by atoms with Crippen LogP contribution in [0.1, 0.15) is 24.1 Å². The number of nitrogens with two attached hydrogens (primary N) is 1. The van der Waals surface area contributed by atoms with Crippen molar-refractivity contribution >= 4 is 5.69 Å². The number of nitrogen functional groups attached to an aromatic ring is 1. The van der Waals surface area contributed by atoms with Gasteiger partial charge in [-0.15, -0.1) is 0 Å². The van der Waals surface area contributed by atoms with E-state index in [2.05, 4.69) is 12.2 Å². The summed E-state index contributed by atoms with van der Waals surface area (Å²) >= 11 is 0. The molecular weight excluding hydrogens is 164 g/mol. The molecule has 2 rings (SSSR count). The van der Waals surface area contributed by atoms with E-state index in [4.69, 9.17) is 5.73 Å². The zero-order chi connectivity index (χ0) is 9.42. The molecule has 70 valence electrons. The maximum atomic E-state index is 9.42. The Hall–Kier alpha value is -1.22. The van der Waals surface area contributed by atoms with Gasteiger partial charge in [-0.3, -0.25) is 0 Å². The van der Waals surface area contributed by atoms with E-state index in [-0.39, 0.29) is 5.75 Å². The summed E-state index contributed by atoms with van der Waals surface area (Å²) in [5.74, 6) is 0.202. The number of hydrogen-bond acceptors (Lipinski definition) is 3. The standard InChI is InChI=1S/C10H14N2O/c1-6-8-5-9(11)10(13)4-7(8)2-3-12-6/h4-6,12-13H,2-3,11H2,1H3. The highest BCUT2D eigenvalue weighted by Gasteiger charge is 2.16. The first-order chi connectivity index (χ1) is 6.18. The number of fused-ring (bicyclic) bond motifs is 1. The highest BCUT2D eigenvalue weighted by Crippen LogP contribution is 2.30. The Morgan fingerprint density at radius 2 is 2.31 bits per heavy atom. The normalized spacial score (nSPS) is 21.2. The quantitative estimate of drug-likeness (QED) is 0.413. The second-order valence-corrected chi connectivity index (χ2v) is 3.54. The average molecular weight is 178 g/mol. The molecule has 1 unspecified atom stereocenters. The summed E-state index contributed by atoms with van der Waals surface area (Å²) in [7, 11) is 0. The summed E-state index contributed by atoms with van der Waals surface area (Å²) in [5.41, 5.74) is 8.51. The predicted octanol–water partition coefficient (Wildman–Crippen LogP) is 1.18. The van der Waals surface area contributed by atoms with E-state index >= 15 is 0 Å². The second kappa shape index (κ2) is 2.92. The Morgan fingerprint density at radius 1 is 1.54 bits per heavy atom. The molecule has 4 N–H and O–H groups in total. The zero-order valence-corrected chi connectivity index (χ0v) is 7.67. The number of nitrogens with one attached hydrogen (secondary N) is 1. The summed E-state index contributed by atoms with van der Waals surface area (Å²) in [5, 5.41) is 12.8. The van der Waals surface area contributed by atoms with Crippen LogP contribution in [0.25, 0.3) is 0 Å². The van der Waals surface area contributed by atoms with Gasteiger partial charge in [-0.2, -0.15) is 0 Å². The van der Waals surface area contributed by atoms with Crippen molar-refractivity contribution in [3.8, 4) is 5.75 Å². The predicted molar refractivity (Wildman–Crippen MR) is 52.6 cm³/mol. The Bertz CT molecular complexity index is 336. The highest BCUT2D eigenvalue weighted by atomic mass is 16.3. The first-order valence-electron chi connectivity index (χ1n) is 4.53. The van der Waals surface area contributed by atoms with Gasteiger partial charge in [0.05, 0.1) is 5.69 Å². The second-order valence-electron chi connectivity index (χ2n) is 3.54. The van der Waals surface area contributed by atoms with E-state index in [1.165, 1.54) is 11.1 Å². The van der Waals surface area contributed by atoms with E-state index in [1.807, 2.05) is 6.07 Å². The van der Waals surface area contributed by atoms with Crippen molar-refractivity contribution in [3.63, 3.8) is 0 Å². The molecule has 3 heteroatoms. The van der Waals surface area contributed by atoms with Crippen LogP contribution in [0.3, 0.4) is 0 Å². The molecule has 1 aliphatic rings. The lowest BCUT2D eigenvalue weighted by atomic mass is 9.94. The van der Waals surface area contributed by atoms with Gasteiger partial charge in [-0.1, -0.05) is 0 Å². The van der Waals surface area contributed by atoms with E-state index in [1.54, 1.807) is 6.07 Å². The van der Waals surface area contributed by atoms with Crippen molar-refractivity contribution in [2.24, 2.45) is 0 Å². The molecular formula is C10H14N2O. The molecule has 1 aliphatic heterocycles. The molecule has 1 aromatic rings. The van der Waals surface area contributed by atoms with Gasteiger partial charge in [0.15, 0.2) is 0 Å². The van der Waals surface area contributed by atoms with Gasteiger partial charge in [-0.05, 0) is 43.1 Å². The van der Waals surface area contributed by atoms with Crippen molar-refractivity contribution < 1.29 is 5.11 Å². The number of aromatic hydroxyl groups is 1. The molecule has 0 bridgehead atoms. The molecule has 0 saturated heterocycles. The lowest BCUT2D eigenvalue weighted by molar-refractivity contribution is 0.473. The number of hydrogen-bond donors (Lipinski definition) is 3. The number of phenolic OH excluding ortho intramolecular Hbond substituents is 1. The van der Waals surface area contributed by atoms with Gasteiger partial charge in [0.1, 0.15) is 5.75 Å². The first-order valence-corrected chi connectivity index (χ1v) is 4.53. The van der Waals surface area contributed by atoms with Crippen LogP contribution < -0.4 is 11.1 Å². The van der Waals surface area contributed by atoms with Crippen LogP contribution in [0.4, 0.5) is 5.69 Å². The SMILES string of the molecule is CC1NCCc2cc(O)c(N)cc21. The molecule has 0 radical (unpaired) electrons. The topological polar surface area (TPSA) is 58.3 Å². The van der Waals surface area contributed by atoms with Crippen molar-refractivity contribution in [2.75, 3.05) is 12.3 Å². The summed E-state index contributed by atoms with van der Waals surface area (Å²) < 4.78 is 0. The van der Waals surface area contributed by atoms with Gasteiger partial charge in [0.2, 0.25) is 0 Å². The van der Waals surface area contributed by atoms with E-state index in [0.717, 1.165) is 13.0 Å². The Balaban J connectivity index is 2.52. The minimum atomic E-state index is 0.202. The third kappa shape index (κ3) is 1.35. The summed E-state index contributed by atoms with van der Waals surface area (Å²) in [4.78, 5) is 0. The van der Waals surface area contributed by atoms with Gasteiger partial charge in [-0.25, -0.2) is 0 Å². The molecule has 13 heavy (non-hydrogen) atoms. The number of phenols is 1. The fraction of sp³-hybridized carbons (Fsp3) is 0.400. The smallest absolute Gasteiger partial charge is 0.138 e. The summed E-state index contributed by atoms with van der Waals surface area (Å²) in [6.07, 6.45) is 0.966. The molecule has 0 aromatic heterocycles. The van der Waals surface area contributed by atoms with Gasteiger partial charge < -0.3 is 16.2 Å². The van der Waals surface area contributed by atoms with Crippen molar-refractivity contribution in [3.05, 3.63) is 23.3 Å². The van der Waals surface area contributed by atoms with Crippen LogP contribution in [-0.2, 0) is 6.42 Å². The van der Waals surface area contributed by atoms with Gasteiger partial charge in [0, 0.05) is 6.04 Å². The van der Waals surface area contributed by atoms with Crippen LogP contribution in [-0.4, -0.2) is 11.7 Å². The Morgan fingerprint density at radius 3 is 3.08 bits per heavy atom. The van der Waals surface area contributed by atoms with Crippen LogP contribution in [0.5, 0.6) is 5.75 Å². The molecule has 1 aromatic carbocycles. The van der Waals surface area contributed by atoms with Crippen LogP contribution in [0.15, 0.2) is 12.1 Å². The minimum Gasteiger partial charge on any atom is -0.506 e. The van der Waals surface area contributed by atoms with Crippen molar-refractivity contribution in [1.29, 1.82) is 0 Å². The minimum absolute atomic E-state index is 0.202. The molecule has 1 heterocycles. The number of anilines is 1. The third-order valence-electron chi connectivity index (χ3n) is 2.60. The molecule has 0 spiro atoms. The number of benzene rings is 1. The molecule has 1 atom stereocenters. The fourth-order valence-corrected chi connectivity index (χ4v) is 1.82. The summed E-state index contributed by atoms with van der Waals surface area (Å²) in [6, 6.07) is 3.98. The highest BCUT2D eigenvalue weighted by molar-refractivity contribution is 5.57. The van der Waals surface area contributed by atoms with Gasteiger partial charge >= 0.3 is 0 Å². The largest absolute Gasteiger partial charge is 0.506 e. The van der Waals surface area contributed by atoms with Gasteiger partial charge in [0.25, 0.3) is 0 Å². The Kier molecular flexibility index (Phi) is 1.88. The molecule has 0 fully saturated rings. The first kappa shape index (κ1) is 8.38. The third-order valence-corrected chi connectivity index (χ3v) is 2.60. The van der Waals surface area contributed by atoms with Crippen LogP contribution in [0.2, 0.25) is 0 Å². The molecule has 0 saturated carbocycles. The monoisotopic (exact) mass is 178 g/mol. The lowest BCUT2D eigenvalue weighted by Gasteiger charge is -2.24. The maximum Gasteiger partial charge on any atom is 0.138 e. The molecule has 0 aliphatic carbocycles. The molecule has 0 amide bonds. The zero-order valence-electron chi connectivity index (χ0n) is 7.67. The fourth-order valence-electron chi connectivity index (χ4n) is 1.82. The van der Waals surface area contributed by atoms with Crippen LogP contribution in [0, 0.1) is 0 Å². The Labute approximate surface area is 77.6 Å². The van der Waals surface area contributed by atoms with E-state index in [9.17, 15) is 5.11 Å². The van der Waals surface area contributed by atoms with E-state index < -0.39 is 0 Å². The number of rotatable bonds is 0. The lowest BCUT2D eigenvalue weighted by Crippen LogP contribution is -2.27. The molecule has 3 nitrogen and oxygen atoms in total. The van der Waals surface area contributed by atoms with Crippen molar-refractivity contribution in [1.82, 2.24) is 5.32 Å². The summed E-state index contributed by atoms with van der Waals surface area (Å²) in [6.45, 7) is 3.08. The van der Waals surface area contributed by atoms with Crippen LogP contribution >= 0.6 is 0 Å². The maximum absolute atomic E-state index is 9.42. The average Bonchev–Trinajstić information content (AvgIpc) is 2.09. The van der Waals surface area contributed by atoms with E-state index in [0.29, 0.717) is 11.7 Å². The van der Waals surface area contributed by atoms with Crippen molar-refractivity contribution in [2.45, 2.75) is 19.4 Å².